The Kier molecular flexibility index (Phi) is 5.99. The zero-order valence-corrected chi connectivity index (χ0v) is 21.0. The lowest BCUT2D eigenvalue weighted by atomic mass is 9.81. The molecular formula is C26H23Cl2N5S. The Morgan fingerprint density at radius 3 is 2.68 bits per heavy atom. The molecule has 172 valence electrons. The summed E-state index contributed by atoms with van der Waals surface area (Å²) in [6.07, 6.45) is 1.12. The minimum absolute atomic E-state index is 0. The maximum atomic E-state index is 10.3. The van der Waals surface area contributed by atoms with Crippen molar-refractivity contribution in [2.75, 3.05) is 31.1 Å². The van der Waals surface area contributed by atoms with Gasteiger partial charge in [-0.15, -0.1) is 23.7 Å². The normalized spacial score (nSPS) is 16.3. The van der Waals surface area contributed by atoms with Crippen molar-refractivity contribution in [3.63, 3.8) is 0 Å². The largest absolute Gasteiger partial charge is 0.355 e. The van der Waals surface area contributed by atoms with Gasteiger partial charge in [-0.25, -0.2) is 9.97 Å². The van der Waals surface area contributed by atoms with Crippen LogP contribution in [0.2, 0.25) is 5.02 Å². The topological polar surface area (TPSA) is 64.8 Å². The third-order valence-corrected chi connectivity index (χ3v) is 8.27. The summed E-state index contributed by atoms with van der Waals surface area (Å²) >= 11 is 8.28. The summed E-state index contributed by atoms with van der Waals surface area (Å²) in [6.45, 7) is 5.92. The van der Waals surface area contributed by atoms with Crippen molar-refractivity contribution in [1.82, 2.24) is 15.3 Å². The van der Waals surface area contributed by atoms with Gasteiger partial charge in [0.1, 0.15) is 17.5 Å². The van der Waals surface area contributed by atoms with E-state index in [0.29, 0.717) is 16.0 Å². The van der Waals surface area contributed by atoms with E-state index in [0.717, 1.165) is 76.6 Å². The zero-order chi connectivity index (χ0) is 22.6. The number of nitriles is 1. The van der Waals surface area contributed by atoms with Gasteiger partial charge in [-0.1, -0.05) is 41.9 Å². The van der Waals surface area contributed by atoms with E-state index >= 15 is 0 Å². The molecular weight excluding hydrogens is 485 g/mol. The number of hydrogen-bond acceptors (Lipinski definition) is 6. The number of thiazole rings is 1. The lowest BCUT2D eigenvalue weighted by Gasteiger charge is -2.39. The average Bonchev–Trinajstić information content (AvgIpc) is 3.45. The van der Waals surface area contributed by atoms with Crippen LogP contribution in [-0.2, 0) is 0 Å². The van der Waals surface area contributed by atoms with Crippen LogP contribution in [0.15, 0.2) is 48.0 Å². The standard InChI is InChI=1S/C26H22ClN5S.ClH/c1-16-24(33-15-30-16)17-6-7-19-22(10-17)31-25(32-9-8-26(14-32)12-29-13-26)20(11-28)23(19)18-4-2-3-5-21(18)27;/h2-7,10,15,29H,8-9,12-14H2,1H3;1H. The number of rotatable bonds is 3. The molecule has 0 aliphatic carbocycles. The van der Waals surface area contributed by atoms with Gasteiger partial charge in [0, 0.05) is 53.1 Å². The van der Waals surface area contributed by atoms with Crippen molar-refractivity contribution in [2.24, 2.45) is 5.41 Å². The molecule has 4 aromatic rings. The van der Waals surface area contributed by atoms with Gasteiger partial charge < -0.3 is 10.2 Å². The minimum atomic E-state index is 0. The van der Waals surface area contributed by atoms with E-state index in [1.807, 2.05) is 36.7 Å². The molecule has 0 amide bonds. The number of hydrogen-bond donors (Lipinski definition) is 1. The molecule has 4 heterocycles. The molecule has 34 heavy (non-hydrogen) atoms. The third kappa shape index (κ3) is 3.64. The Morgan fingerprint density at radius 1 is 1.21 bits per heavy atom. The van der Waals surface area contributed by atoms with Crippen LogP contribution in [0.1, 0.15) is 17.7 Å². The van der Waals surface area contributed by atoms with Gasteiger partial charge in [0.25, 0.3) is 0 Å². The van der Waals surface area contributed by atoms with E-state index in [1.165, 1.54) is 0 Å². The van der Waals surface area contributed by atoms with Crippen LogP contribution in [0.5, 0.6) is 0 Å². The molecule has 6 rings (SSSR count). The summed E-state index contributed by atoms with van der Waals surface area (Å²) in [4.78, 5) is 12.9. The van der Waals surface area contributed by atoms with Crippen LogP contribution < -0.4 is 10.2 Å². The fourth-order valence-electron chi connectivity index (χ4n) is 5.13. The van der Waals surface area contributed by atoms with Gasteiger partial charge in [0.2, 0.25) is 0 Å². The first kappa shape index (κ1) is 23.1. The van der Waals surface area contributed by atoms with E-state index in [2.05, 4.69) is 39.5 Å². The summed E-state index contributed by atoms with van der Waals surface area (Å²) in [5.74, 6) is 0.766. The summed E-state index contributed by atoms with van der Waals surface area (Å²) in [5.41, 5.74) is 7.48. The summed E-state index contributed by atoms with van der Waals surface area (Å²) in [7, 11) is 0. The molecule has 2 aromatic carbocycles. The molecule has 0 radical (unpaired) electrons. The van der Waals surface area contributed by atoms with Crippen molar-refractivity contribution in [3.8, 4) is 27.6 Å². The van der Waals surface area contributed by atoms with Gasteiger partial charge in [0.15, 0.2) is 0 Å². The number of pyridine rings is 1. The van der Waals surface area contributed by atoms with Gasteiger partial charge >= 0.3 is 0 Å². The molecule has 2 aromatic heterocycles. The van der Waals surface area contributed by atoms with Crippen LogP contribution in [0.3, 0.4) is 0 Å². The number of nitrogens with zero attached hydrogens (tertiary/aromatic N) is 4. The van der Waals surface area contributed by atoms with Crippen molar-refractivity contribution in [2.45, 2.75) is 13.3 Å². The number of benzene rings is 2. The molecule has 0 saturated carbocycles. The molecule has 2 fully saturated rings. The second kappa shape index (κ2) is 8.83. The highest BCUT2D eigenvalue weighted by Crippen LogP contribution is 2.43. The van der Waals surface area contributed by atoms with Crippen LogP contribution in [0, 0.1) is 23.7 Å². The van der Waals surface area contributed by atoms with E-state index in [1.54, 1.807) is 11.3 Å². The molecule has 0 bridgehead atoms. The van der Waals surface area contributed by atoms with Crippen molar-refractivity contribution in [1.29, 1.82) is 5.26 Å². The number of halogens is 2. The number of nitrogens with one attached hydrogen (secondary N) is 1. The SMILES string of the molecule is Cc1ncsc1-c1ccc2c(-c3ccccc3Cl)c(C#N)c(N3CCC4(CNC4)C3)nc2c1.Cl. The Labute approximate surface area is 213 Å². The second-order valence-corrected chi connectivity index (χ2v) is 10.3. The lowest BCUT2D eigenvalue weighted by Crippen LogP contribution is -2.54. The molecule has 1 spiro atoms. The third-order valence-electron chi connectivity index (χ3n) is 6.97. The van der Waals surface area contributed by atoms with Crippen molar-refractivity contribution < 1.29 is 0 Å². The fraction of sp³-hybridized carbons (Fsp3) is 0.269. The quantitative estimate of drug-likeness (QED) is 0.363. The molecule has 0 unspecified atom stereocenters. The van der Waals surface area contributed by atoms with Crippen LogP contribution in [0.25, 0.3) is 32.5 Å². The van der Waals surface area contributed by atoms with E-state index < -0.39 is 0 Å². The smallest absolute Gasteiger partial charge is 0.147 e. The Bertz CT molecular complexity index is 1440. The number of anilines is 1. The van der Waals surface area contributed by atoms with Gasteiger partial charge in [-0.05, 0) is 31.0 Å². The first-order valence-corrected chi connectivity index (χ1v) is 12.3. The molecule has 8 heteroatoms. The molecule has 2 aliphatic heterocycles. The minimum Gasteiger partial charge on any atom is -0.355 e. The lowest BCUT2D eigenvalue weighted by molar-refractivity contribution is 0.199. The fourth-order valence-corrected chi connectivity index (χ4v) is 6.17. The highest BCUT2D eigenvalue weighted by molar-refractivity contribution is 7.13. The van der Waals surface area contributed by atoms with Crippen LogP contribution in [0.4, 0.5) is 5.82 Å². The highest BCUT2D eigenvalue weighted by Gasteiger charge is 2.44. The number of fused-ring (bicyclic) bond motifs is 1. The maximum absolute atomic E-state index is 10.3. The van der Waals surface area contributed by atoms with Crippen molar-refractivity contribution >= 4 is 52.1 Å². The Balaban J connectivity index is 0.00000241. The highest BCUT2D eigenvalue weighted by atomic mass is 35.5. The predicted octanol–water partition coefficient (Wildman–Crippen LogP) is 6.08. The first-order chi connectivity index (χ1) is 16.1. The molecule has 2 aliphatic rings. The van der Waals surface area contributed by atoms with Crippen LogP contribution in [-0.4, -0.2) is 36.1 Å². The summed E-state index contributed by atoms with van der Waals surface area (Å²) < 4.78 is 0. The van der Waals surface area contributed by atoms with Crippen LogP contribution >= 0.6 is 35.3 Å². The second-order valence-electron chi connectivity index (χ2n) is 9.05. The monoisotopic (exact) mass is 507 g/mol. The zero-order valence-electron chi connectivity index (χ0n) is 18.6. The molecule has 1 N–H and O–H groups in total. The van der Waals surface area contributed by atoms with Gasteiger partial charge in [-0.2, -0.15) is 5.26 Å². The molecule has 5 nitrogen and oxygen atoms in total. The summed E-state index contributed by atoms with van der Waals surface area (Å²) in [5, 5.41) is 15.3. The molecule has 0 atom stereocenters. The van der Waals surface area contributed by atoms with Gasteiger partial charge in [0.05, 0.1) is 21.6 Å². The van der Waals surface area contributed by atoms with E-state index in [9.17, 15) is 5.26 Å². The van der Waals surface area contributed by atoms with E-state index in [-0.39, 0.29) is 12.4 Å². The first-order valence-electron chi connectivity index (χ1n) is 11.1. The average molecular weight is 508 g/mol. The maximum Gasteiger partial charge on any atom is 0.147 e. The van der Waals surface area contributed by atoms with E-state index in [4.69, 9.17) is 16.6 Å². The Hall–Kier alpha value is -2.69. The van der Waals surface area contributed by atoms with Crippen molar-refractivity contribution in [3.05, 3.63) is 64.3 Å². The predicted molar refractivity (Wildman–Crippen MR) is 142 cm³/mol. The number of aromatic nitrogens is 2. The number of aryl methyl sites for hydroxylation is 1. The Morgan fingerprint density at radius 2 is 2.03 bits per heavy atom. The molecule has 2 saturated heterocycles. The summed E-state index contributed by atoms with van der Waals surface area (Å²) in [6, 6.07) is 16.5. The van der Waals surface area contributed by atoms with Gasteiger partial charge in [-0.3, -0.25) is 0 Å².